The summed E-state index contributed by atoms with van der Waals surface area (Å²) >= 11 is 0. The van der Waals surface area contributed by atoms with Crippen LogP contribution in [0.5, 0.6) is 0 Å². The maximum atomic E-state index is 14.0. The summed E-state index contributed by atoms with van der Waals surface area (Å²) in [6.07, 6.45) is 7.36. The molecule has 0 radical (unpaired) electrons. The van der Waals surface area contributed by atoms with Gasteiger partial charge in [-0.25, -0.2) is 0 Å². The number of rotatable bonds is 4. The maximum Gasteiger partial charge on any atom is 0.137 e. The molecular weight excluding hydrogens is 424 g/mol. The van der Waals surface area contributed by atoms with Crippen molar-refractivity contribution in [3.05, 3.63) is 11.6 Å². The standard InChI is InChI=1S/C30H50O4/c1-18(2)10-9-13-29(7,34)19-11-15-28(6)25(19)20(31)16-22-27(5)14-12-23(32)26(3,4)21(27)17-24(33)30(22,28)8/h10,19,21-25,32-34H,9,11-17H2,1-8H3/t19-,21-,22+,23-,24-,25-,27-,28+,29-,30-/m0/s1. The van der Waals surface area contributed by atoms with Gasteiger partial charge in [-0.2, -0.15) is 0 Å². The summed E-state index contributed by atoms with van der Waals surface area (Å²) in [4.78, 5) is 14.0. The minimum absolute atomic E-state index is 0.0596. The van der Waals surface area contributed by atoms with Crippen LogP contribution < -0.4 is 0 Å². The molecule has 0 amide bonds. The minimum atomic E-state index is -0.893. The molecule has 0 bridgehead atoms. The SMILES string of the molecule is CC(C)=CCC[C@](C)(O)[C@H]1CC[C@]2(C)[C@@H]1C(=O)C[C@@H]1[C@@]3(C)CC[C@H](O)C(C)(C)[C@@H]3C[C@H](O)[C@]12C. The number of aliphatic hydroxyl groups excluding tert-OH is 2. The molecule has 4 saturated carbocycles. The predicted octanol–water partition coefficient (Wildman–Crippen LogP) is 5.68. The van der Waals surface area contributed by atoms with Crippen LogP contribution in [0, 0.1) is 45.3 Å². The van der Waals surface area contributed by atoms with E-state index in [1.165, 1.54) is 5.57 Å². The first-order chi connectivity index (χ1) is 15.5. The third-order valence-electron chi connectivity index (χ3n) is 12.2. The Hall–Kier alpha value is -0.710. The van der Waals surface area contributed by atoms with E-state index in [2.05, 4.69) is 54.5 Å². The first-order valence-corrected chi connectivity index (χ1v) is 13.8. The fourth-order valence-corrected chi connectivity index (χ4v) is 9.92. The minimum Gasteiger partial charge on any atom is -0.393 e. The van der Waals surface area contributed by atoms with Crippen LogP contribution >= 0.6 is 0 Å². The fourth-order valence-electron chi connectivity index (χ4n) is 9.92. The number of carbonyl (C=O) groups is 1. The maximum absolute atomic E-state index is 14.0. The van der Waals surface area contributed by atoms with Gasteiger partial charge in [0, 0.05) is 17.8 Å². The monoisotopic (exact) mass is 474 g/mol. The van der Waals surface area contributed by atoms with E-state index in [4.69, 9.17) is 0 Å². The lowest BCUT2D eigenvalue weighted by atomic mass is 9.34. The van der Waals surface area contributed by atoms with Crippen molar-refractivity contribution in [3.8, 4) is 0 Å². The fraction of sp³-hybridized carbons (Fsp3) is 0.900. The highest BCUT2D eigenvalue weighted by atomic mass is 16.3. The smallest absolute Gasteiger partial charge is 0.137 e. The normalized spacial score (nSPS) is 49.4. The number of hydrogen-bond donors (Lipinski definition) is 3. The highest BCUT2D eigenvalue weighted by molar-refractivity contribution is 5.84. The number of allylic oxidation sites excluding steroid dienone is 2. The molecule has 4 aliphatic rings. The lowest BCUT2D eigenvalue weighted by molar-refractivity contribution is -0.257. The lowest BCUT2D eigenvalue weighted by Crippen LogP contribution is -2.70. The number of fused-ring (bicyclic) bond motifs is 5. The van der Waals surface area contributed by atoms with E-state index in [0.717, 1.165) is 32.1 Å². The van der Waals surface area contributed by atoms with Gasteiger partial charge in [-0.05, 0) is 99.7 Å². The van der Waals surface area contributed by atoms with E-state index in [-0.39, 0.29) is 51.4 Å². The molecule has 0 spiro atoms. The molecule has 0 aromatic rings. The van der Waals surface area contributed by atoms with E-state index in [9.17, 15) is 20.1 Å². The molecule has 0 unspecified atom stereocenters. The quantitative estimate of drug-likeness (QED) is 0.458. The van der Waals surface area contributed by atoms with Crippen molar-refractivity contribution in [2.24, 2.45) is 45.3 Å². The highest BCUT2D eigenvalue weighted by Gasteiger charge is 2.73. The van der Waals surface area contributed by atoms with Crippen LogP contribution in [-0.4, -0.2) is 38.9 Å². The van der Waals surface area contributed by atoms with Crippen molar-refractivity contribution in [1.82, 2.24) is 0 Å². The van der Waals surface area contributed by atoms with Crippen molar-refractivity contribution < 1.29 is 20.1 Å². The van der Waals surface area contributed by atoms with Gasteiger partial charge in [0.05, 0.1) is 17.8 Å². The van der Waals surface area contributed by atoms with Crippen LogP contribution in [-0.2, 0) is 4.79 Å². The molecule has 0 saturated heterocycles. The van der Waals surface area contributed by atoms with Crippen molar-refractivity contribution in [3.63, 3.8) is 0 Å². The largest absolute Gasteiger partial charge is 0.393 e. The summed E-state index contributed by atoms with van der Waals surface area (Å²) in [6.45, 7) is 17.3. The Balaban J connectivity index is 1.72. The van der Waals surface area contributed by atoms with Crippen LogP contribution in [0.25, 0.3) is 0 Å². The van der Waals surface area contributed by atoms with Crippen molar-refractivity contribution in [2.45, 2.75) is 125 Å². The van der Waals surface area contributed by atoms with Gasteiger partial charge in [0.1, 0.15) is 5.78 Å². The molecule has 0 aromatic carbocycles. The molecule has 10 atom stereocenters. The second kappa shape index (κ2) is 8.15. The van der Waals surface area contributed by atoms with E-state index < -0.39 is 11.7 Å². The first kappa shape index (κ1) is 26.4. The van der Waals surface area contributed by atoms with Crippen LogP contribution in [0.1, 0.15) is 107 Å². The molecule has 4 aliphatic carbocycles. The van der Waals surface area contributed by atoms with Gasteiger partial charge in [-0.1, -0.05) is 46.3 Å². The summed E-state index contributed by atoms with van der Waals surface area (Å²) < 4.78 is 0. The highest BCUT2D eigenvalue weighted by Crippen LogP contribution is 2.75. The van der Waals surface area contributed by atoms with Gasteiger partial charge >= 0.3 is 0 Å². The molecule has 4 heteroatoms. The molecule has 0 aromatic heterocycles. The van der Waals surface area contributed by atoms with Crippen molar-refractivity contribution >= 4 is 5.78 Å². The molecular formula is C30H50O4. The molecule has 4 fully saturated rings. The summed E-state index contributed by atoms with van der Waals surface area (Å²) in [5.41, 5.74) is -0.695. The molecule has 4 rings (SSSR count). The zero-order valence-electron chi connectivity index (χ0n) is 22.9. The number of Topliss-reactive ketones (excluding diaryl/α,β-unsaturated/α-hetero) is 1. The average Bonchev–Trinajstić information content (AvgIpc) is 3.10. The lowest BCUT2D eigenvalue weighted by Gasteiger charge is -2.70. The Bertz CT molecular complexity index is 854. The topological polar surface area (TPSA) is 77.8 Å². The zero-order chi connectivity index (χ0) is 25.5. The van der Waals surface area contributed by atoms with Gasteiger partial charge in [0.15, 0.2) is 0 Å². The van der Waals surface area contributed by atoms with Crippen molar-refractivity contribution in [1.29, 1.82) is 0 Å². The average molecular weight is 475 g/mol. The summed E-state index contributed by atoms with van der Waals surface area (Å²) in [5, 5.41) is 34.3. The van der Waals surface area contributed by atoms with Crippen LogP contribution in [0.15, 0.2) is 11.6 Å². The Morgan fingerprint density at radius 2 is 1.68 bits per heavy atom. The van der Waals surface area contributed by atoms with E-state index >= 15 is 0 Å². The molecule has 3 N–H and O–H groups in total. The second-order valence-corrected chi connectivity index (χ2v) is 14.4. The Labute approximate surface area is 207 Å². The zero-order valence-corrected chi connectivity index (χ0v) is 22.9. The van der Waals surface area contributed by atoms with Gasteiger partial charge < -0.3 is 15.3 Å². The number of ketones is 1. The number of aliphatic hydroxyl groups is 3. The van der Waals surface area contributed by atoms with Gasteiger partial charge in [-0.15, -0.1) is 0 Å². The Morgan fingerprint density at radius 1 is 1.03 bits per heavy atom. The van der Waals surface area contributed by atoms with Crippen LogP contribution in [0.3, 0.4) is 0 Å². The number of hydrogen-bond acceptors (Lipinski definition) is 4. The molecule has 194 valence electrons. The summed E-state index contributed by atoms with van der Waals surface area (Å²) in [5.74, 6) is 0.328. The summed E-state index contributed by atoms with van der Waals surface area (Å²) in [6, 6.07) is 0. The second-order valence-electron chi connectivity index (χ2n) is 14.4. The van der Waals surface area contributed by atoms with Gasteiger partial charge in [0.2, 0.25) is 0 Å². The van der Waals surface area contributed by atoms with Crippen LogP contribution in [0.2, 0.25) is 0 Å². The molecule has 0 aliphatic heterocycles. The third-order valence-corrected chi connectivity index (χ3v) is 12.2. The van der Waals surface area contributed by atoms with E-state index in [0.29, 0.717) is 25.0 Å². The Kier molecular flexibility index (Phi) is 6.32. The third kappa shape index (κ3) is 3.44. The van der Waals surface area contributed by atoms with Gasteiger partial charge in [-0.3, -0.25) is 4.79 Å². The van der Waals surface area contributed by atoms with Gasteiger partial charge in [0.25, 0.3) is 0 Å². The number of carbonyl (C=O) groups excluding carboxylic acids is 1. The predicted molar refractivity (Wildman–Crippen MR) is 136 cm³/mol. The van der Waals surface area contributed by atoms with E-state index in [1.54, 1.807) is 0 Å². The first-order valence-electron chi connectivity index (χ1n) is 13.8. The summed E-state index contributed by atoms with van der Waals surface area (Å²) in [7, 11) is 0. The molecule has 4 nitrogen and oxygen atoms in total. The van der Waals surface area contributed by atoms with E-state index in [1.807, 2.05) is 6.92 Å². The molecule has 34 heavy (non-hydrogen) atoms. The van der Waals surface area contributed by atoms with Crippen LogP contribution in [0.4, 0.5) is 0 Å². The van der Waals surface area contributed by atoms with Crippen molar-refractivity contribution in [2.75, 3.05) is 0 Å². The Morgan fingerprint density at radius 3 is 2.29 bits per heavy atom. The molecule has 0 heterocycles.